The summed E-state index contributed by atoms with van der Waals surface area (Å²) < 4.78 is 5.45. The second-order valence-electron chi connectivity index (χ2n) is 5.41. The van der Waals surface area contributed by atoms with Gasteiger partial charge in [-0.15, -0.1) is 0 Å². The van der Waals surface area contributed by atoms with Gasteiger partial charge >= 0.3 is 0 Å². The number of rotatable bonds is 2. The summed E-state index contributed by atoms with van der Waals surface area (Å²) in [6.45, 7) is 3.23. The molecule has 1 aromatic heterocycles. The maximum atomic E-state index is 5.59. The van der Waals surface area contributed by atoms with Gasteiger partial charge in [-0.1, -0.05) is 19.3 Å². The molecule has 2 aliphatic rings. The predicted molar refractivity (Wildman–Crippen MR) is 66.5 cm³/mol. The van der Waals surface area contributed by atoms with Gasteiger partial charge in [0, 0.05) is 19.5 Å². The molecule has 0 saturated heterocycles. The molecule has 0 aromatic carbocycles. The van der Waals surface area contributed by atoms with Gasteiger partial charge in [-0.3, -0.25) is 4.90 Å². The highest BCUT2D eigenvalue weighted by molar-refractivity contribution is 5.22. The molecule has 0 spiro atoms. The third kappa shape index (κ3) is 2.46. The summed E-state index contributed by atoms with van der Waals surface area (Å²) in [5, 5.41) is 0. The second kappa shape index (κ2) is 4.69. The van der Waals surface area contributed by atoms with Crippen LogP contribution in [0.5, 0.6) is 0 Å². The molecule has 17 heavy (non-hydrogen) atoms. The lowest BCUT2D eigenvalue weighted by molar-refractivity contribution is 0.174. The fourth-order valence-electron chi connectivity index (χ4n) is 3.16. The first-order valence-electron chi connectivity index (χ1n) is 6.77. The average Bonchev–Trinajstić information content (AvgIpc) is 2.70. The molecule has 4 heteroatoms. The topological polar surface area (TPSA) is 55.3 Å². The lowest BCUT2D eigenvalue weighted by Crippen LogP contribution is -2.34. The Morgan fingerprint density at radius 2 is 2.12 bits per heavy atom. The third-order valence-electron chi connectivity index (χ3n) is 4.07. The van der Waals surface area contributed by atoms with Gasteiger partial charge in [0.15, 0.2) is 0 Å². The van der Waals surface area contributed by atoms with Crippen LogP contribution in [-0.4, -0.2) is 23.0 Å². The van der Waals surface area contributed by atoms with Crippen molar-refractivity contribution < 1.29 is 4.42 Å². The van der Waals surface area contributed by atoms with Crippen LogP contribution in [0, 0.1) is 5.92 Å². The average molecular weight is 235 g/mol. The number of anilines is 1. The van der Waals surface area contributed by atoms with Crippen molar-refractivity contribution in [1.29, 1.82) is 0 Å². The summed E-state index contributed by atoms with van der Waals surface area (Å²) in [6.07, 6.45) is 8.06. The van der Waals surface area contributed by atoms with Gasteiger partial charge in [-0.2, -0.15) is 4.98 Å². The second-order valence-corrected chi connectivity index (χ2v) is 5.41. The van der Waals surface area contributed by atoms with E-state index in [1.165, 1.54) is 38.6 Å². The third-order valence-corrected chi connectivity index (χ3v) is 4.07. The Labute approximate surface area is 102 Å². The zero-order chi connectivity index (χ0) is 11.7. The van der Waals surface area contributed by atoms with Crippen LogP contribution in [0.15, 0.2) is 4.42 Å². The van der Waals surface area contributed by atoms with Crippen LogP contribution in [0.2, 0.25) is 0 Å². The normalized spacial score (nSPS) is 22.6. The minimum Gasteiger partial charge on any atom is -0.427 e. The first-order valence-corrected chi connectivity index (χ1v) is 6.77. The van der Waals surface area contributed by atoms with Crippen molar-refractivity contribution in [2.75, 3.05) is 18.8 Å². The van der Waals surface area contributed by atoms with Crippen LogP contribution in [0.3, 0.4) is 0 Å². The summed E-state index contributed by atoms with van der Waals surface area (Å²) in [4.78, 5) is 6.72. The number of nitrogens with two attached hydrogens (primary N) is 1. The van der Waals surface area contributed by atoms with Gasteiger partial charge in [0.25, 0.3) is 6.01 Å². The lowest BCUT2D eigenvalue weighted by Gasteiger charge is -2.31. The van der Waals surface area contributed by atoms with E-state index in [1.807, 2.05) is 0 Å². The van der Waals surface area contributed by atoms with Crippen molar-refractivity contribution in [3.05, 3.63) is 11.5 Å². The van der Waals surface area contributed by atoms with Crippen LogP contribution in [0.1, 0.15) is 43.6 Å². The molecule has 2 heterocycles. The minimum atomic E-state index is 0.328. The van der Waals surface area contributed by atoms with Crippen molar-refractivity contribution in [1.82, 2.24) is 9.88 Å². The number of aromatic nitrogens is 1. The first-order chi connectivity index (χ1) is 8.31. The molecule has 94 valence electrons. The fraction of sp³-hybridized carbons (Fsp3) is 0.769. The predicted octanol–water partition coefficient (Wildman–Crippen LogP) is 2.20. The Morgan fingerprint density at radius 1 is 1.29 bits per heavy atom. The van der Waals surface area contributed by atoms with E-state index in [9.17, 15) is 0 Å². The summed E-state index contributed by atoms with van der Waals surface area (Å²) in [5.41, 5.74) is 6.66. The molecule has 3 rings (SSSR count). The van der Waals surface area contributed by atoms with E-state index < -0.39 is 0 Å². The van der Waals surface area contributed by atoms with E-state index in [0.29, 0.717) is 6.01 Å². The fourth-order valence-corrected chi connectivity index (χ4v) is 3.16. The summed E-state index contributed by atoms with van der Waals surface area (Å²) in [7, 11) is 0. The number of fused-ring (bicyclic) bond motifs is 1. The van der Waals surface area contributed by atoms with Gasteiger partial charge in [-0.25, -0.2) is 0 Å². The van der Waals surface area contributed by atoms with Crippen molar-refractivity contribution in [2.24, 2.45) is 5.92 Å². The molecule has 1 aromatic rings. The Balaban J connectivity index is 1.59. The monoisotopic (exact) mass is 235 g/mol. The van der Waals surface area contributed by atoms with Crippen molar-refractivity contribution in [3.63, 3.8) is 0 Å². The summed E-state index contributed by atoms with van der Waals surface area (Å²) in [5.74, 6) is 1.88. The van der Waals surface area contributed by atoms with Crippen LogP contribution >= 0.6 is 0 Å². The maximum Gasteiger partial charge on any atom is 0.292 e. The zero-order valence-electron chi connectivity index (χ0n) is 10.3. The lowest BCUT2D eigenvalue weighted by atomic mass is 9.88. The number of hydrogen-bond donors (Lipinski definition) is 1. The van der Waals surface area contributed by atoms with E-state index in [4.69, 9.17) is 10.2 Å². The molecule has 1 aliphatic heterocycles. The van der Waals surface area contributed by atoms with Crippen molar-refractivity contribution in [3.8, 4) is 0 Å². The number of hydrogen-bond acceptors (Lipinski definition) is 4. The van der Waals surface area contributed by atoms with Gasteiger partial charge in [0.2, 0.25) is 0 Å². The molecule has 0 radical (unpaired) electrons. The zero-order valence-corrected chi connectivity index (χ0v) is 10.3. The highest BCUT2D eigenvalue weighted by Gasteiger charge is 2.24. The Bertz CT molecular complexity index is 382. The highest BCUT2D eigenvalue weighted by atomic mass is 16.4. The van der Waals surface area contributed by atoms with E-state index in [1.54, 1.807) is 0 Å². The van der Waals surface area contributed by atoms with Gasteiger partial charge in [-0.05, 0) is 18.8 Å². The molecular weight excluding hydrogens is 214 g/mol. The molecule has 1 fully saturated rings. The van der Waals surface area contributed by atoms with Gasteiger partial charge < -0.3 is 10.2 Å². The number of nitrogen functional groups attached to an aromatic ring is 1. The summed E-state index contributed by atoms with van der Waals surface area (Å²) >= 11 is 0. The standard InChI is InChI=1S/C13H21N3O/c14-13-15-11-6-7-16(9-12(11)17-13)8-10-4-2-1-3-5-10/h10H,1-9H2,(H2,14,15). The van der Waals surface area contributed by atoms with E-state index in [2.05, 4.69) is 9.88 Å². The molecule has 2 N–H and O–H groups in total. The Kier molecular flexibility index (Phi) is 3.05. The minimum absolute atomic E-state index is 0.328. The first kappa shape index (κ1) is 11.1. The quantitative estimate of drug-likeness (QED) is 0.853. The van der Waals surface area contributed by atoms with Gasteiger partial charge in [0.1, 0.15) is 5.76 Å². The molecule has 1 aliphatic carbocycles. The van der Waals surface area contributed by atoms with Crippen LogP contribution in [0.25, 0.3) is 0 Å². The van der Waals surface area contributed by atoms with Crippen LogP contribution < -0.4 is 5.73 Å². The number of oxazole rings is 1. The smallest absolute Gasteiger partial charge is 0.292 e. The van der Waals surface area contributed by atoms with Crippen molar-refractivity contribution in [2.45, 2.75) is 45.1 Å². The Hall–Kier alpha value is -1.03. The molecule has 0 amide bonds. The molecule has 4 nitrogen and oxygen atoms in total. The van der Waals surface area contributed by atoms with Gasteiger partial charge in [0.05, 0.1) is 12.2 Å². The van der Waals surface area contributed by atoms with E-state index in [0.717, 1.165) is 36.9 Å². The van der Waals surface area contributed by atoms with E-state index >= 15 is 0 Å². The van der Waals surface area contributed by atoms with E-state index in [-0.39, 0.29) is 0 Å². The molecule has 0 unspecified atom stereocenters. The molecule has 0 bridgehead atoms. The molecular formula is C13H21N3O. The van der Waals surface area contributed by atoms with Crippen molar-refractivity contribution >= 4 is 6.01 Å². The molecule has 1 saturated carbocycles. The highest BCUT2D eigenvalue weighted by Crippen LogP contribution is 2.27. The number of nitrogens with zero attached hydrogens (tertiary/aromatic N) is 2. The van der Waals surface area contributed by atoms with Crippen LogP contribution in [-0.2, 0) is 13.0 Å². The van der Waals surface area contributed by atoms with Crippen LogP contribution in [0.4, 0.5) is 6.01 Å². The summed E-state index contributed by atoms with van der Waals surface area (Å²) in [6, 6.07) is 0.328. The SMILES string of the molecule is Nc1nc2c(o1)CN(CC1CCCCC1)CC2. The largest absolute Gasteiger partial charge is 0.427 e. The maximum absolute atomic E-state index is 5.59. The Morgan fingerprint density at radius 3 is 2.94 bits per heavy atom. The molecule has 0 atom stereocenters.